The predicted octanol–water partition coefficient (Wildman–Crippen LogP) is 9.86. The Morgan fingerprint density at radius 3 is 1.74 bits per heavy atom. The molecule has 0 N–H and O–H groups in total. The monoisotopic (exact) mass is 486 g/mol. The highest BCUT2D eigenvalue weighted by Gasteiger charge is 2.35. The maximum atomic E-state index is 14.1. The average molecular weight is 487 g/mol. The van der Waals surface area contributed by atoms with Gasteiger partial charge < -0.3 is 4.74 Å². The molecule has 3 rings (SSSR count). The van der Waals surface area contributed by atoms with Crippen molar-refractivity contribution in [1.82, 2.24) is 0 Å². The van der Waals surface area contributed by atoms with Crippen molar-refractivity contribution in [2.75, 3.05) is 0 Å². The molecule has 1 aromatic rings. The third kappa shape index (κ3) is 8.57. The summed E-state index contributed by atoms with van der Waals surface area (Å²) in [6, 6.07) is 2.01. The van der Waals surface area contributed by atoms with E-state index in [2.05, 4.69) is 23.8 Å². The zero-order valence-corrected chi connectivity index (χ0v) is 20.3. The average Bonchev–Trinajstić information content (AvgIpc) is 2.80. The third-order valence-corrected chi connectivity index (χ3v) is 7.87. The molecule has 2 aliphatic carbocycles. The quantitative estimate of drug-likeness (QED) is 0.236. The molecule has 6 heteroatoms. The number of allylic oxidation sites excluding steroid dienone is 2. The molecule has 0 amide bonds. The van der Waals surface area contributed by atoms with E-state index in [0.29, 0.717) is 11.5 Å². The first-order chi connectivity index (χ1) is 16.2. The minimum Gasteiger partial charge on any atom is -0.399 e. The zero-order valence-electron chi connectivity index (χ0n) is 20.3. The summed E-state index contributed by atoms with van der Waals surface area (Å²) >= 11 is 0. The Balaban J connectivity index is 1.37. The molecular weight excluding hydrogens is 447 g/mol. The van der Waals surface area contributed by atoms with Gasteiger partial charge in [-0.2, -0.15) is 0 Å². The van der Waals surface area contributed by atoms with Gasteiger partial charge in [-0.25, -0.2) is 8.78 Å². The topological polar surface area (TPSA) is 9.23 Å². The third-order valence-electron chi connectivity index (χ3n) is 7.87. The fraction of sp³-hybridized carbons (Fsp3) is 0.714. The number of halogens is 5. The molecule has 2 fully saturated rings. The number of alkyl halides is 3. The maximum absolute atomic E-state index is 14.1. The van der Waals surface area contributed by atoms with Gasteiger partial charge in [0.05, 0.1) is 0 Å². The summed E-state index contributed by atoms with van der Waals surface area (Å²) in [5, 5.41) is 0. The second kappa shape index (κ2) is 12.9. The lowest BCUT2D eigenvalue weighted by atomic mass is 9.74. The summed E-state index contributed by atoms with van der Waals surface area (Å²) in [5.74, 6) is -1.61. The summed E-state index contributed by atoms with van der Waals surface area (Å²) in [5.41, 5.74) is 0.436. The van der Waals surface area contributed by atoms with E-state index in [-0.39, 0.29) is 5.92 Å². The fourth-order valence-corrected chi connectivity index (χ4v) is 5.83. The van der Waals surface area contributed by atoms with Gasteiger partial charge in [-0.15, -0.1) is 13.2 Å². The van der Waals surface area contributed by atoms with Crippen LogP contribution in [0.2, 0.25) is 0 Å². The second-order valence-corrected chi connectivity index (χ2v) is 10.4. The summed E-state index contributed by atoms with van der Waals surface area (Å²) in [6.45, 7) is 2.21. The van der Waals surface area contributed by atoms with E-state index >= 15 is 0 Å². The smallest absolute Gasteiger partial charge is 0.399 e. The molecule has 1 aromatic carbocycles. The lowest BCUT2D eigenvalue weighted by molar-refractivity contribution is -0.276. The number of hydrogen-bond donors (Lipinski definition) is 0. The highest BCUT2D eigenvalue weighted by atomic mass is 19.4. The van der Waals surface area contributed by atoms with Gasteiger partial charge >= 0.3 is 6.36 Å². The predicted molar refractivity (Wildman–Crippen MR) is 126 cm³/mol. The van der Waals surface area contributed by atoms with Crippen molar-refractivity contribution in [2.45, 2.75) is 109 Å². The Labute approximate surface area is 201 Å². The van der Waals surface area contributed by atoms with Crippen LogP contribution in [0, 0.1) is 29.4 Å². The Morgan fingerprint density at radius 1 is 0.765 bits per heavy atom. The first-order valence-electron chi connectivity index (χ1n) is 13.1. The summed E-state index contributed by atoms with van der Waals surface area (Å²) in [7, 11) is 0. The molecule has 0 bridgehead atoms. The van der Waals surface area contributed by atoms with Crippen molar-refractivity contribution < 1.29 is 26.7 Å². The molecule has 0 radical (unpaired) electrons. The van der Waals surface area contributed by atoms with Gasteiger partial charge in [0, 0.05) is 0 Å². The minimum atomic E-state index is -5.12. The molecule has 0 aliphatic heterocycles. The summed E-state index contributed by atoms with van der Waals surface area (Å²) in [6.07, 6.45) is 16.0. The van der Waals surface area contributed by atoms with Crippen LogP contribution in [0.5, 0.6) is 5.75 Å². The van der Waals surface area contributed by atoms with Crippen molar-refractivity contribution in [3.8, 4) is 5.75 Å². The number of hydrogen-bond acceptors (Lipinski definition) is 1. The first kappa shape index (κ1) is 27.0. The molecule has 192 valence electrons. The van der Waals surface area contributed by atoms with Crippen molar-refractivity contribution >= 4 is 0 Å². The van der Waals surface area contributed by atoms with Crippen LogP contribution in [0.3, 0.4) is 0 Å². The molecule has 0 saturated heterocycles. The van der Waals surface area contributed by atoms with E-state index in [1.165, 1.54) is 64.2 Å². The van der Waals surface area contributed by atoms with E-state index in [0.717, 1.165) is 49.7 Å². The number of ether oxygens (including phenoxy) is 1. The second-order valence-electron chi connectivity index (χ2n) is 10.4. The van der Waals surface area contributed by atoms with Crippen LogP contribution in [0.15, 0.2) is 24.3 Å². The van der Waals surface area contributed by atoms with Gasteiger partial charge in [-0.3, -0.25) is 0 Å². The number of unbranched alkanes of at least 4 members (excludes halogenated alkanes) is 1. The molecule has 2 saturated carbocycles. The molecule has 1 nitrogen and oxygen atoms in total. The van der Waals surface area contributed by atoms with Gasteiger partial charge in [-0.1, -0.05) is 64.0 Å². The highest BCUT2D eigenvalue weighted by molar-refractivity contribution is 5.33. The SMILES string of the molecule is CCC/C=C/CC[C@H]1CC[C@H](CC[C@H]2CC[C@H](c3cc(F)c(OC(F)(F)F)c(F)c3)CC2)CC1. The minimum absolute atomic E-state index is 0.0120. The standard InChI is InChI=1S/C28H39F5O/c1-2-3-4-5-6-7-20-8-10-21(11-9-20)12-13-22-14-16-23(17-15-22)24-18-25(29)27(26(30)19-24)34-28(31,32)33/h4-5,18-23H,2-3,6-17H2,1H3/b5-4+/t20-,21-,22-,23-. The Kier molecular flexibility index (Phi) is 10.3. The normalized spacial score (nSPS) is 26.2. The van der Waals surface area contributed by atoms with Crippen LogP contribution in [0.4, 0.5) is 22.0 Å². The molecule has 0 atom stereocenters. The van der Waals surface area contributed by atoms with E-state index in [9.17, 15) is 22.0 Å². The zero-order chi connectivity index (χ0) is 24.6. The van der Waals surface area contributed by atoms with Crippen LogP contribution >= 0.6 is 0 Å². The molecule has 0 unspecified atom stereocenters. The molecule has 34 heavy (non-hydrogen) atoms. The highest BCUT2D eigenvalue weighted by Crippen LogP contribution is 2.41. The summed E-state index contributed by atoms with van der Waals surface area (Å²) in [4.78, 5) is 0. The van der Waals surface area contributed by atoms with Gasteiger partial charge in [0.2, 0.25) is 5.75 Å². The largest absolute Gasteiger partial charge is 0.573 e. The molecule has 0 aromatic heterocycles. The van der Waals surface area contributed by atoms with Gasteiger partial charge in [0.1, 0.15) is 0 Å². The molecular formula is C28H39F5O. The van der Waals surface area contributed by atoms with Crippen molar-refractivity contribution in [2.24, 2.45) is 17.8 Å². The molecule has 0 heterocycles. The van der Waals surface area contributed by atoms with Gasteiger partial charge in [-0.05, 0) is 86.3 Å². The van der Waals surface area contributed by atoms with Crippen LogP contribution in [-0.4, -0.2) is 6.36 Å². The van der Waals surface area contributed by atoms with Gasteiger partial charge in [0.15, 0.2) is 11.6 Å². The lowest BCUT2D eigenvalue weighted by Crippen LogP contribution is -2.20. The Morgan fingerprint density at radius 2 is 1.24 bits per heavy atom. The fourth-order valence-electron chi connectivity index (χ4n) is 5.83. The molecule has 0 spiro atoms. The molecule has 2 aliphatic rings. The van der Waals surface area contributed by atoms with Crippen molar-refractivity contribution in [3.05, 3.63) is 41.5 Å². The van der Waals surface area contributed by atoms with Crippen LogP contribution < -0.4 is 4.74 Å². The van der Waals surface area contributed by atoms with Crippen molar-refractivity contribution in [1.29, 1.82) is 0 Å². The number of rotatable bonds is 10. The summed E-state index contributed by atoms with van der Waals surface area (Å²) < 4.78 is 68.7. The van der Waals surface area contributed by atoms with E-state index < -0.39 is 23.7 Å². The van der Waals surface area contributed by atoms with Crippen LogP contribution in [-0.2, 0) is 0 Å². The maximum Gasteiger partial charge on any atom is 0.573 e. The van der Waals surface area contributed by atoms with Crippen LogP contribution in [0.25, 0.3) is 0 Å². The Bertz CT molecular complexity index is 748. The number of benzene rings is 1. The van der Waals surface area contributed by atoms with Crippen LogP contribution in [0.1, 0.15) is 108 Å². The Hall–Kier alpha value is -1.59. The first-order valence-corrected chi connectivity index (χ1v) is 13.1. The lowest BCUT2D eigenvalue weighted by Gasteiger charge is -2.32. The van der Waals surface area contributed by atoms with E-state index in [1.54, 1.807) is 0 Å². The van der Waals surface area contributed by atoms with Crippen molar-refractivity contribution in [3.63, 3.8) is 0 Å². The van der Waals surface area contributed by atoms with E-state index in [4.69, 9.17) is 0 Å². The van der Waals surface area contributed by atoms with Gasteiger partial charge in [0.25, 0.3) is 0 Å². The van der Waals surface area contributed by atoms with E-state index in [1.807, 2.05) is 0 Å².